The quantitative estimate of drug-likeness (QED) is 0.772. The van der Waals surface area contributed by atoms with E-state index in [2.05, 4.69) is 22.6 Å². The lowest BCUT2D eigenvalue weighted by atomic mass is 10.1. The second-order valence-corrected chi connectivity index (χ2v) is 5.01. The third-order valence-corrected chi connectivity index (χ3v) is 3.53. The standard InChI is InChI=1S/C12H23N3O2.2ClH/c1-9-11(13-6-8-17-9)12(16)14-5-7-15(2)10-3-4-10;;/h9-11,13H,3-8H2,1-2H3,(H,14,16);2*1H/t9-,11+;;/m1../s1. The van der Waals surface area contributed by atoms with Gasteiger partial charge >= 0.3 is 0 Å². The number of hydrogen-bond acceptors (Lipinski definition) is 4. The summed E-state index contributed by atoms with van der Waals surface area (Å²) < 4.78 is 5.45. The van der Waals surface area contributed by atoms with E-state index in [1.807, 2.05) is 6.92 Å². The number of ether oxygens (including phenoxy) is 1. The number of amides is 1. The van der Waals surface area contributed by atoms with Crippen LogP contribution in [0.2, 0.25) is 0 Å². The Kier molecular flexibility index (Phi) is 8.94. The van der Waals surface area contributed by atoms with Crippen LogP contribution in [0.15, 0.2) is 0 Å². The van der Waals surface area contributed by atoms with Crippen LogP contribution in [-0.2, 0) is 9.53 Å². The molecule has 1 saturated carbocycles. The number of rotatable bonds is 5. The number of nitrogens with one attached hydrogen (secondary N) is 2. The zero-order chi connectivity index (χ0) is 12.3. The molecule has 7 heteroatoms. The fraction of sp³-hybridized carbons (Fsp3) is 0.917. The molecule has 114 valence electrons. The maximum atomic E-state index is 11.9. The lowest BCUT2D eigenvalue weighted by Gasteiger charge is -2.29. The number of likely N-dealkylation sites (N-methyl/N-ethyl adjacent to an activating group) is 1. The Morgan fingerprint density at radius 2 is 2.11 bits per heavy atom. The lowest BCUT2D eigenvalue weighted by molar-refractivity contribution is -0.128. The van der Waals surface area contributed by atoms with E-state index in [1.54, 1.807) is 0 Å². The summed E-state index contributed by atoms with van der Waals surface area (Å²) in [6.07, 6.45) is 2.57. The Hall–Kier alpha value is -0.0700. The minimum Gasteiger partial charge on any atom is -0.375 e. The Bertz CT molecular complexity index is 278. The van der Waals surface area contributed by atoms with E-state index in [-0.39, 0.29) is 42.9 Å². The van der Waals surface area contributed by atoms with Gasteiger partial charge in [0.1, 0.15) is 6.04 Å². The van der Waals surface area contributed by atoms with Crippen LogP contribution in [0.5, 0.6) is 0 Å². The molecule has 2 atom stereocenters. The molecular weight excluding hydrogens is 289 g/mol. The van der Waals surface area contributed by atoms with E-state index in [4.69, 9.17) is 4.74 Å². The van der Waals surface area contributed by atoms with Crippen molar-refractivity contribution in [1.29, 1.82) is 0 Å². The number of hydrogen-bond donors (Lipinski definition) is 2. The van der Waals surface area contributed by atoms with Gasteiger partial charge in [-0.1, -0.05) is 0 Å². The van der Waals surface area contributed by atoms with Crippen LogP contribution >= 0.6 is 24.8 Å². The van der Waals surface area contributed by atoms with Gasteiger partial charge in [0.2, 0.25) is 5.91 Å². The van der Waals surface area contributed by atoms with Gasteiger partial charge in [-0.3, -0.25) is 4.79 Å². The number of halogens is 2. The molecule has 1 aliphatic heterocycles. The second-order valence-electron chi connectivity index (χ2n) is 5.01. The van der Waals surface area contributed by atoms with Crippen LogP contribution in [0.4, 0.5) is 0 Å². The summed E-state index contributed by atoms with van der Waals surface area (Å²) in [6, 6.07) is 0.553. The molecule has 0 spiro atoms. The molecule has 2 rings (SSSR count). The molecule has 2 N–H and O–H groups in total. The lowest BCUT2D eigenvalue weighted by Crippen LogP contribution is -2.56. The zero-order valence-corrected chi connectivity index (χ0v) is 13.2. The first-order chi connectivity index (χ1) is 8.18. The molecule has 0 aromatic heterocycles. The molecule has 1 aliphatic carbocycles. The van der Waals surface area contributed by atoms with Crippen molar-refractivity contribution in [3.05, 3.63) is 0 Å². The third-order valence-electron chi connectivity index (χ3n) is 3.53. The van der Waals surface area contributed by atoms with Crippen LogP contribution in [-0.4, -0.2) is 62.3 Å². The maximum Gasteiger partial charge on any atom is 0.239 e. The maximum absolute atomic E-state index is 11.9. The zero-order valence-electron chi connectivity index (χ0n) is 11.6. The van der Waals surface area contributed by atoms with E-state index in [0.717, 1.165) is 25.7 Å². The van der Waals surface area contributed by atoms with Gasteiger partial charge in [0, 0.05) is 25.7 Å². The smallest absolute Gasteiger partial charge is 0.239 e. The molecule has 0 aromatic carbocycles. The largest absolute Gasteiger partial charge is 0.375 e. The molecule has 2 aliphatic rings. The SMILES string of the molecule is C[C@H]1OCCN[C@@H]1C(=O)NCCN(C)C1CC1.Cl.Cl. The molecule has 1 amide bonds. The highest BCUT2D eigenvalue weighted by Gasteiger charge is 2.29. The van der Waals surface area contributed by atoms with Gasteiger partial charge in [0.25, 0.3) is 0 Å². The summed E-state index contributed by atoms with van der Waals surface area (Å²) in [6.45, 7) is 5.03. The summed E-state index contributed by atoms with van der Waals surface area (Å²) in [5.74, 6) is 0.0568. The Morgan fingerprint density at radius 3 is 2.68 bits per heavy atom. The minimum absolute atomic E-state index is 0. The molecular formula is C12H25Cl2N3O2. The van der Waals surface area contributed by atoms with Gasteiger partial charge in [-0.25, -0.2) is 0 Å². The van der Waals surface area contributed by atoms with Crippen LogP contribution in [0.1, 0.15) is 19.8 Å². The number of carbonyl (C=O) groups is 1. The highest BCUT2D eigenvalue weighted by atomic mass is 35.5. The van der Waals surface area contributed by atoms with E-state index in [0.29, 0.717) is 6.61 Å². The molecule has 0 bridgehead atoms. The topological polar surface area (TPSA) is 53.6 Å². The van der Waals surface area contributed by atoms with Crippen molar-refractivity contribution in [3.63, 3.8) is 0 Å². The van der Waals surface area contributed by atoms with E-state index in [1.165, 1.54) is 12.8 Å². The summed E-state index contributed by atoms with van der Waals surface area (Å²) in [5, 5.41) is 6.16. The predicted molar refractivity (Wildman–Crippen MR) is 80.4 cm³/mol. The second kappa shape index (κ2) is 8.97. The number of morpholine rings is 1. The first kappa shape index (κ1) is 18.9. The monoisotopic (exact) mass is 313 g/mol. The summed E-state index contributed by atoms with van der Waals surface area (Å²) in [4.78, 5) is 14.2. The molecule has 0 unspecified atom stereocenters. The molecule has 1 heterocycles. The number of carbonyl (C=O) groups excluding carboxylic acids is 1. The highest BCUT2D eigenvalue weighted by molar-refractivity contribution is 5.85. The first-order valence-electron chi connectivity index (χ1n) is 6.51. The van der Waals surface area contributed by atoms with Crippen molar-refractivity contribution in [2.75, 3.05) is 33.3 Å². The molecule has 2 fully saturated rings. The van der Waals surface area contributed by atoms with Crippen molar-refractivity contribution >= 4 is 30.7 Å². The Balaban J connectivity index is 0.00000162. The fourth-order valence-corrected chi connectivity index (χ4v) is 2.19. The van der Waals surface area contributed by atoms with Crippen molar-refractivity contribution in [1.82, 2.24) is 15.5 Å². The van der Waals surface area contributed by atoms with Crippen LogP contribution in [0.3, 0.4) is 0 Å². The predicted octanol–water partition coefficient (Wildman–Crippen LogP) is 0.417. The van der Waals surface area contributed by atoms with Crippen molar-refractivity contribution in [3.8, 4) is 0 Å². The van der Waals surface area contributed by atoms with Crippen LogP contribution in [0.25, 0.3) is 0 Å². The average Bonchev–Trinajstić information content (AvgIpc) is 3.13. The molecule has 5 nitrogen and oxygen atoms in total. The summed E-state index contributed by atoms with van der Waals surface area (Å²) in [7, 11) is 2.12. The summed E-state index contributed by atoms with van der Waals surface area (Å²) in [5.41, 5.74) is 0. The highest BCUT2D eigenvalue weighted by Crippen LogP contribution is 2.24. The Labute approximate surface area is 127 Å². The van der Waals surface area contributed by atoms with Crippen molar-refractivity contribution in [2.24, 2.45) is 0 Å². The van der Waals surface area contributed by atoms with Gasteiger partial charge in [0.05, 0.1) is 12.7 Å². The van der Waals surface area contributed by atoms with Crippen molar-refractivity contribution < 1.29 is 9.53 Å². The number of nitrogens with zero attached hydrogens (tertiary/aromatic N) is 1. The van der Waals surface area contributed by atoms with Crippen molar-refractivity contribution in [2.45, 2.75) is 38.0 Å². The van der Waals surface area contributed by atoms with Gasteiger partial charge in [0.15, 0.2) is 0 Å². The van der Waals surface area contributed by atoms with Gasteiger partial charge in [-0.15, -0.1) is 24.8 Å². The summed E-state index contributed by atoms with van der Waals surface area (Å²) >= 11 is 0. The third kappa shape index (κ3) is 5.83. The fourth-order valence-electron chi connectivity index (χ4n) is 2.19. The first-order valence-corrected chi connectivity index (χ1v) is 6.51. The average molecular weight is 314 g/mol. The molecule has 1 saturated heterocycles. The van der Waals surface area contributed by atoms with Crippen LogP contribution < -0.4 is 10.6 Å². The van der Waals surface area contributed by atoms with E-state index < -0.39 is 0 Å². The van der Waals surface area contributed by atoms with Gasteiger partial charge < -0.3 is 20.3 Å². The Morgan fingerprint density at radius 1 is 1.42 bits per heavy atom. The minimum atomic E-state index is -0.199. The normalized spacial score (nSPS) is 26.3. The molecule has 0 aromatic rings. The van der Waals surface area contributed by atoms with Crippen LogP contribution in [0, 0.1) is 0 Å². The van der Waals surface area contributed by atoms with E-state index >= 15 is 0 Å². The van der Waals surface area contributed by atoms with E-state index in [9.17, 15) is 4.79 Å². The molecule has 0 radical (unpaired) electrons. The molecule has 19 heavy (non-hydrogen) atoms. The van der Waals surface area contributed by atoms with Gasteiger partial charge in [-0.2, -0.15) is 0 Å². The van der Waals surface area contributed by atoms with Gasteiger partial charge in [-0.05, 0) is 26.8 Å².